The van der Waals surface area contributed by atoms with E-state index in [0.717, 1.165) is 45.1 Å². The van der Waals surface area contributed by atoms with Crippen molar-refractivity contribution >= 4 is 10.9 Å². The van der Waals surface area contributed by atoms with Crippen LogP contribution in [0.4, 0.5) is 0 Å². The van der Waals surface area contributed by atoms with E-state index in [0.29, 0.717) is 10.9 Å². The summed E-state index contributed by atoms with van der Waals surface area (Å²) in [7, 11) is 3.25. The van der Waals surface area contributed by atoms with Gasteiger partial charge in [0.15, 0.2) is 6.10 Å². The van der Waals surface area contributed by atoms with Crippen LogP contribution in [0.25, 0.3) is 27.8 Å². The summed E-state index contributed by atoms with van der Waals surface area (Å²) in [6.07, 6.45) is -0.495. The van der Waals surface area contributed by atoms with E-state index in [2.05, 4.69) is 10.6 Å². The van der Waals surface area contributed by atoms with Crippen molar-refractivity contribution in [3.63, 3.8) is 0 Å². The number of fused-ring (bicyclic) bond motifs is 5. The Kier molecular flexibility index (Phi) is 4.61. The van der Waals surface area contributed by atoms with Crippen molar-refractivity contribution in [2.24, 2.45) is 14.1 Å². The second-order valence-electron chi connectivity index (χ2n) is 9.24. The van der Waals surface area contributed by atoms with Crippen molar-refractivity contribution < 1.29 is 4.74 Å². The van der Waals surface area contributed by atoms with Crippen molar-refractivity contribution in [3.8, 4) is 22.7 Å². The first-order valence-electron chi connectivity index (χ1n) is 11.6. The number of aromatic nitrogens is 3. The van der Waals surface area contributed by atoms with Crippen molar-refractivity contribution in [3.05, 3.63) is 116 Å². The van der Waals surface area contributed by atoms with E-state index in [9.17, 15) is 9.59 Å². The van der Waals surface area contributed by atoms with E-state index in [1.165, 1.54) is 11.6 Å². The fourth-order valence-corrected chi connectivity index (χ4v) is 5.11. The van der Waals surface area contributed by atoms with Gasteiger partial charge < -0.3 is 9.30 Å². The van der Waals surface area contributed by atoms with E-state index in [-0.39, 0.29) is 11.2 Å². The maximum Gasteiger partial charge on any atom is 0.331 e. The van der Waals surface area contributed by atoms with Gasteiger partial charge in [-0.3, -0.25) is 13.9 Å². The zero-order valence-electron chi connectivity index (χ0n) is 20.1. The van der Waals surface area contributed by atoms with Gasteiger partial charge in [-0.25, -0.2) is 4.79 Å². The molecule has 0 fully saturated rings. The molecule has 35 heavy (non-hydrogen) atoms. The number of nitrogens with zero attached hydrogens (tertiary/aromatic N) is 3. The quantitative estimate of drug-likeness (QED) is 0.378. The summed E-state index contributed by atoms with van der Waals surface area (Å²) in [4.78, 5) is 26.8. The van der Waals surface area contributed by atoms with Crippen LogP contribution in [-0.4, -0.2) is 13.7 Å². The molecular formula is C29H25N3O3. The lowest BCUT2D eigenvalue weighted by Gasteiger charge is -2.30. The summed E-state index contributed by atoms with van der Waals surface area (Å²) in [5, 5.41) is 0.507. The Labute approximate surface area is 202 Å². The molecule has 1 aliphatic heterocycles. The van der Waals surface area contributed by atoms with Crippen molar-refractivity contribution in [2.75, 3.05) is 0 Å². The molecule has 0 N–H and O–H groups in total. The molecular weight excluding hydrogens is 438 g/mol. The van der Waals surface area contributed by atoms with Crippen LogP contribution in [0.3, 0.4) is 0 Å². The van der Waals surface area contributed by atoms with E-state index >= 15 is 0 Å². The zero-order valence-corrected chi connectivity index (χ0v) is 20.1. The average Bonchev–Trinajstić information content (AvgIpc) is 3.23. The Morgan fingerprint density at radius 2 is 1.49 bits per heavy atom. The first-order chi connectivity index (χ1) is 16.9. The Balaban J connectivity index is 1.88. The molecule has 0 saturated carbocycles. The molecule has 0 saturated heterocycles. The SMILES string of the molecule is Cc1ccc(-c2c3c(=O)n(C)c(=O)n(C)c3c3n2-c2cc(C)ccc2O[C@@H]3c2ccccc2)cc1. The lowest BCUT2D eigenvalue weighted by molar-refractivity contribution is 0.229. The highest BCUT2D eigenvalue weighted by Crippen LogP contribution is 2.46. The summed E-state index contributed by atoms with van der Waals surface area (Å²) in [5.74, 6) is 0.729. The Bertz CT molecular complexity index is 1740. The van der Waals surface area contributed by atoms with Gasteiger partial charge in [-0.2, -0.15) is 0 Å². The third-order valence-electron chi connectivity index (χ3n) is 6.88. The zero-order chi connectivity index (χ0) is 24.4. The third kappa shape index (κ3) is 3.03. The predicted octanol–water partition coefficient (Wildman–Crippen LogP) is 4.79. The van der Waals surface area contributed by atoms with Gasteiger partial charge in [0, 0.05) is 14.1 Å². The molecule has 1 aliphatic rings. The van der Waals surface area contributed by atoms with Gasteiger partial charge in [0.1, 0.15) is 5.75 Å². The number of ether oxygens (including phenoxy) is 1. The summed E-state index contributed by atoms with van der Waals surface area (Å²) in [6, 6.07) is 24.1. The van der Waals surface area contributed by atoms with Gasteiger partial charge in [0.25, 0.3) is 5.56 Å². The van der Waals surface area contributed by atoms with Crippen LogP contribution in [0.5, 0.6) is 5.75 Å². The maximum atomic E-state index is 13.7. The van der Waals surface area contributed by atoms with Gasteiger partial charge in [0.05, 0.1) is 28.0 Å². The second kappa shape index (κ2) is 7.60. The van der Waals surface area contributed by atoms with Crippen LogP contribution >= 0.6 is 0 Å². The van der Waals surface area contributed by atoms with Crippen LogP contribution in [0.15, 0.2) is 82.4 Å². The van der Waals surface area contributed by atoms with Crippen LogP contribution in [-0.2, 0) is 14.1 Å². The van der Waals surface area contributed by atoms with Gasteiger partial charge in [-0.15, -0.1) is 0 Å². The van der Waals surface area contributed by atoms with E-state index < -0.39 is 6.10 Å². The molecule has 0 bridgehead atoms. The Morgan fingerprint density at radius 3 is 2.20 bits per heavy atom. The van der Waals surface area contributed by atoms with Gasteiger partial charge in [0.2, 0.25) is 0 Å². The lowest BCUT2D eigenvalue weighted by atomic mass is 10.0. The molecule has 5 aromatic rings. The number of hydrogen-bond donors (Lipinski definition) is 0. The summed E-state index contributed by atoms with van der Waals surface area (Å²) in [5.41, 5.74) is 6.36. The number of benzene rings is 3. The van der Waals surface area contributed by atoms with E-state index in [1.807, 2.05) is 80.6 Å². The fourth-order valence-electron chi connectivity index (χ4n) is 5.11. The lowest BCUT2D eigenvalue weighted by Crippen LogP contribution is -2.37. The second-order valence-corrected chi connectivity index (χ2v) is 9.24. The smallest absolute Gasteiger partial charge is 0.331 e. The molecule has 6 heteroatoms. The molecule has 2 aromatic heterocycles. The standard InChI is InChI=1S/C29H25N3O3/c1-17-10-13-19(14-11-17)24-23-25(30(3)29(34)31(4)28(23)33)26-27(20-8-6-5-7-9-20)35-22-15-12-18(2)16-21(22)32(24)26/h5-16,27H,1-4H3/t27-/m1/s1. The molecule has 1 atom stereocenters. The van der Waals surface area contributed by atoms with Crippen LogP contribution in [0.1, 0.15) is 28.5 Å². The number of rotatable bonds is 2. The summed E-state index contributed by atoms with van der Waals surface area (Å²) < 4.78 is 11.5. The fraction of sp³-hybridized carbons (Fsp3) is 0.172. The molecule has 6 nitrogen and oxygen atoms in total. The molecule has 0 spiro atoms. The van der Waals surface area contributed by atoms with Gasteiger partial charge in [-0.05, 0) is 42.7 Å². The van der Waals surface area contributed by atoms with Gasteiger partial charge >= 0.3 is 5.69 Å². The van der Waals surface area contributed by atoms with Crippen molar-refractivity contribution in [1.29, 1.82) is 0 Å². The minimum atomic E-state index is -0.495. The molecule has 0 radical (unpaired) electrons. The largest absolute Gasteiger partial charge is 0.477 e. The van der Waals surface area contributed by atoms with Crippen molar-refractivity contribution in [2.45, 2.75) is 20.0 Å². The summed E-state index contributed by atoms with van der Waals surface area (Å²) >= 11 is 0. The topological polar surface area (TPSA) is 58.2 Å². The predicted molar refractivity (Wildman–Crippen MR) is 138 cm³/mol. The van der Waals surface area contributed by atoms with Crippen molar-refractivity contribution in [1.82, 2.24) is 13.7 Å². The third-order valence-corrected chi connectivity index (χ3v) is 6.88. The van der Waals surface area contributed by atoms with Crippen LogP contribution < -0.4 is 16.0 Å². The summed E-state index contributed by atoms with van der Waals surface area (Å²) in [6.45, 7) is 4.07. The van der Waals surface area contributed by atoms with Gasteiger partial charge in [-0.1, -0.05) is 66.2 Å². The average molecular weight is 464 g/mol. The molecule has 3 heterocycles. The minimum Gasteiger partial charge on any atom is -0.477 e. The minimum absolute atomic E-state index is 0.318. The van der Waals surface area contributed by atoms with Crippen LogP contribution in [0.2, 0.25) is 0 Å². The van der Waals surface area contributed by atoms with E-state index in [1.54, 1.807) is 11.6 Å². The van der Waals surface area contributed by atoms with E-state index in [4.69, 9.17) is 4.74 Å². The maximum absolute atomic E-state index is 13.7. The molecule has 6 rings (SSSR count). The highest BCUT2D eigenvalue weighted by Gasteiger charge is 2.36. The number of hydrogen-bond acceptors (Lipinski definition) is 3. The molecule has 0 aliphatic carbocycles. The first-order valence-corrected chi connectivity index (χ1v) is 11.6. The Morgan fingerprint density at radius 1 is 0.800 bits per heavy atom. The molecule has 3 aromatic carbocycles. The monoisotopic (exact) mass is 463 g/mol. The highest BCUT2D eigenvalue weighted by atomic mass is 16.5. The highest BCUT2D eigenvalue weighted by molar-refractivity contribution is 5.98. The molecule has 0 amide bonds. The normalized spacial score (nSPS) is 14.5. The number of aryl methyl sites for hydroxylation is 3. The molecule has 174 valence electrons. The molecule has 0 unspecified atom stereocenters. The Hall–Kier alpha value is -4.32. The first kappa shape index (κ1) is 21.2. The van der Waals surface area contributed by atoms with Crippen LogP contribution in [0, 0.1) is 13.8 Å².